The Labute approximate surface area is 167 Å². The van der Waals surface area contributed by atoms with E-state index in [1.54, 1.807) is 6.07 Å². The Morgan fingerprint density at radius 3 is 2.54 bits per heavy atom. The van der Waals surface area contributed by atoms with Crippen molar-refractivity contribution in [1.29, 1.82) is 0 Å². The van der Waals surface area contributed by atoms with Crippen molar-refractivity contribution >= 4 is 11.8 Å². The largest absolute Gasteiger partial charge is 0.493 e. The molecule has 1 aliphatic rings. The standard InChI is InChI=1S/C23H30N2O3/c1-4-12-25(13-5-2)15-18-16-27-22-11-10-20(14-21(18)22)28-23(26)24-19-8-6-17(3)7-9-19/h6-11,14,18H,4-5,12-13,15-16H2,1-3H3,(H,24,26). The Morgan fingerprint density at radius 2 is 1.86 bits per heavy atom. The Hall–Kier alpha value is -2.53. The molecule has 1 N–H and O–H groups in total. The zero-order valence-corrected chi connectivity index (χ0v) is 17.0. The molecule has 0 radical (unpaired) electrons. The molecule has 0 bridgehead atoms. The van der Waals surface area contributed by atoms with Crippen LogP contribution >= 0.6 is 0 Å². The maximum Gasteiger partial charge on any atom is 0.417 e. The van der Waals surface area contributed by atoms with E-state index in [0.717, 1.165) is 49.4 Å². The SMILES string of the molecule is CCCN(CCC)CC1COc2ccc(OC(=O)Nc3ccc(C)cc3)cc21. The number of nitrogens with zero attached hydrogens (tertiary/aromatic N) is 1. The second-order valence-corrected chi connectivity index (χ2v) is 7.39. The summed E-state index contributed by atoms with van der Waals surface area (Å²) in [5, 5.41) is 2.76. The number of amides is 1. The second kappa shape index (κ2) is 9.60. The smallest absolute Gasteiger partial charge is 0.417 e. The first-order chi connectivity index (χ1) is 13.6. The fourth-order valence-electron chi connectivity index (χ4n) is 3.60. The van der Waals surface area contributed by atoms with E-state index in [1.165, 1.54) is 0 Å². The van der Waals surface area contributed by atoms with Gasteiger partial charge < -0.3 is 14.4 Å². The summed E-state index contributed by atoms with van der Waals surface area (Å²) in [6.07, 6.45) is 1.80. The highest BCUT2D eigenvalue weighted by Gasteiger charge is 2.26. The van der Waals surface area contributed by atoms with Crippen molar-refractivity contribution in [2.24, 2.45) is 0 Å². The third kappa shape index (κ3) is 5.26. The molecule has 28 heavy (non-hydrogen) atoms. The Morgan fingerprint density at radius 1 is 1.14 bits per heavy atom. The van der Waals surface area contributed by atoms with Crippen molar-refractivity contribution in [3.05, 3.63) is 53.6 Å². The lowest BCUT2D eigenvalue weighted by atomic mass is 10.00. The van der Waals surface area contributed by atoms with Crippen LogP contribution in [0.3, 0.4) is 0 Å². The molecular formula is C23H30N2O3. The zero-order valence-electron chi connectivity index (χ0n) is 17.0. The van der Waals surface area contributed by atoms with Crippen molar-refractivity contribution < 1.29 is 14.3 Å². The molecule has 1 heterocycles. The monoisotopic (exact) mass is 382 g/mol. The number of benzene rings is 2. The van der Waals surface area contributed by atoms with E-state index >= 15 is 0 Å². The van der Waals surface area contributed by atoms with Crippen LogP contribution in [-0.4, -0.2) is 37.2 Å². The fraction of sp³-hybridized carbons (Fsp3) is 0.435. The van der Waals surface area contributed by atoms with Crippen LogP contribution in [0.1, 0.15) is 43.7 Å². The van der Waals surface area contributed by atoms with Gasteiger partial charge >= 0.3 is 6.09 Å². The number of nitrogens with one attached hydrogen (secondary N) is 1. The molecule has 1 amide bonds. The number of rotatable bonds is 8. The van der Waals surface area contributed by atoms with Gasteiger partial charge in [-0.1, -0.05) is 31.5 Å². The van der Waals surface area contributed by atoms with Gasteiger partial charge in [0, 0.05) is 23.7 Å². The molecule has 1 atom stereocenters. The van der Waals surface area contributed by atoms with Crippen LogP contribution in [0.25, 0.3) is 0 Å². The van der Waals surface area contributed by atoms with Crippen molar-refractivity contribution in [2.45, 2.75) is 39.5 Å². The average molecular weight is 383 g/mol. The van der Waals surface area contributed by atoms with Crippen LogP contribution in [0.15, 0.2) is 42.5 Å². The first kappa shape index (κ1) is 20.2. The second-order valence-electron chi connectivity index (χ2n) is 7.39. The summed E-state index contributed by atoms with van der Waals surface area (Å²) in [6.45, 7) is 10.3. The lowest BCUT2D eigenvalue weighted by Crippen LogP contribution is -2.30. The van der Waals surface area contributed by atoms with Gasteiger partial charge in [-0.25, -0.2) is 4.79 Å². The van der Waals surface area contributed by atoms with E-state index in [4.69, 9.17) is 9.47 Å². The predicted octanol–water partition coefficient (Wildman–Crippen LogP) is 5.20. The van der Waals surface area contributed by atoms with E-state index < -0.39 is 6.09 Å². The molecule has 0 saturated carbocycles. The van der Waals surface area contributed by atoms with E-state index in [9.17, 15) is 4.79 Å². The van der Waals surface area contributed by atoms with Gasteiger partial charge in [0.05, 0.1) is 6.61 Å². The van der Waals surface area contributed by atoms with E-state index in [-0.39, 0.29) is 0 Å². The third-order valence-corrected chi connectivity index (χ3v) is 4.93. The Bertz CT molecular complexity index is 783. The van der Waals surface area contributed by atoms with Crippen LogP contribution in [-0.2, 0) is 0 Å². The average Bonchev–Trinajstić information content (AvgIpc) is 3.06. The summed E-state index contributed by atoms with van der Waals surface area (Å²) >= 11 is 0. The maximum absolute atomic E-state index is 12.2. The number of aryl methyl sites for hydroxylation is 1. The first-order valence-electron chi connectivity index (χ1n) is 10.1. The minimum absolute atomic E-state index is 0.303. The van der Waals surface area contributed by atoms with Crippen LogP contribution in [0.5, 0.6) is 11.5 Å². The molecule has 150 valence electrons. The van der Waals surface area contributed by atoms with E-state index in [1.807, 2.05) is 43.3 Å². The fourth-order valence-corrected chi connectivity index (χ4v) is 3.60. The molecule has 0 aromatic heterocycles. The lowest BCUT2D eigenvalue weighted by molar-refractivity contribution is 0.215. The van der Waals surface area contributed by atoms with Crippen LogP contribution in [0, 0.1) is 6.92 Å². The van der Waals surface area contributed by atoms with Gasteiger partial charge in [0.15, 0.2) is 0 Å². The van der Waals surface area contributed by atoms with Gasteiger partial charge in [0.25, 0.3) is 0 Å². The van der Waals surface area contributed by atoms with Crippen LogP contribution in [0.4, 0.5) is 10.5 Å². The molecule has 5 heteroatoms. The van der Waals surface area contributed by atoms with Gasteiger partial charge in [0.1, 0.15) is 11.5 Å². The highest BCUT2D eigenvalue weighted by atomic mass is 16.6. The third-order valence-electron chi connectivity index (χ3n) is 4.93. The molecular weight excluding hydrogens is 352 g/mol. The summed E-state index contributed by atoms with van der Waals surface area (Å²) < 4.78 is 11.4. The maximum atomic E-state index is 12.2. The van der Waals surface area contributed by atoms with Crippen LogP contribution in [0.2, 0.25) is 0 Å². The molecule has 0 fully saturated rings. The molecule has 0 spiro atoms. The Balaban J connectivity index is 1.65. The van der Waals surface area contributed by atoms with Gasteiger partial charge in [0.2, 0.25) is 0 Å². The number of carbonyl (C=O) groups is 1. The van der Waals surface area contributed by atoms with Gasteiger partial charge in [-0.2, -0.15) is 0 Å². The van der Waals surface area contributed by atoms with Crippen molar-refractivity contribution in [1.82, 2.24) is 4.90 Å². The number of anilines is 1. The summed E-state index contributed by atoms with van der Waals surface area (Å²) in [4.78, 5) is 14.7. The molecule has 1 unspecified atom stereocenters. The van der Waals surface area contributed by atoms with Gasteiger partial charge in [-0.3, -0.25) is 5.32 Å². The Kier molecular flexibility index (Phi) is 6.93. The molecule has 5 nitrogen and oxygen atoms in total. The number of hydrogen-bond donors (Lipinski definition) is 1. The molecule has 2 aromatic rings. The summed E-state index contributed by atoms with van der Waals surface area (Å²) in [5.41, 5.74) is 2.98. The van der Waals surface area contributed by atoms with Crippen molar-refractivity contribution in [3.63, 3.8) is 0 Å². The quantitative estimate of drug-likeness (QED) is 0.681. The summed E-state index contributed by atoms with van der Waals surface area (Å²) in [5.74, 6) is 1.73. The van der Waals surface area contributed by atoms with Crippen molar-refractivity contribution in [3.8, 4) is 11.5 Å². The number of carbonyl (C=O) groups excluding carboxylic acids is 1. The first-order valence-corrected chi connectivity index (χ1v) is 10.1. The van der Waals surface area contributed by atoms with Crippen LogP contribution < -0.4 is 14.8 Å². The topological polar surface area (TPSA) is 50.8 Å². The summed E-state index contributed by atoms with van der Waals surface area (Å²) in [7, 11) is 0. The highest BCUT2D eigenvalue weighted by Crippen LogP contribution is 2.37. The zero-order chi connectivity index (χ0) is 19.9. The summed E-state index contributed by atoms with van der Waals surface area (Å²) in [6, 6.07) is 13.2. The van der Waals surface area contributed by atoms with Gasteiger partial charge in [-0.15, -0.1) is 0 Å². The molecule has 1 aliphatic heterocycles. The molecule has 2 aromatic carbocycles. The number of hydrogen-bond acceptors (Lipinski definition) is 4. The minimum atomic E-state index is -0.488. The number of ether oxygens (including phenoxy) is 2. The lowest BCUT2D eigenvalue weighted by Gasteiger charge is -2.24. The predicted molar refractivity (Wildman–Crippen MR) is 113 cm³/mol. The van der Waals surface area contributed by atoms with Gasteiger partial charge in [-0.05, 0) is 63.2 Å². The normalized spacial score (nSPS) is 15.2. The highest BCUT2D eigenvalue weighted by molar-refractivity contribution is 5.86. The minimum Gasteiger partial charge on any atom is -0.493 e. The molecule has 0 aliphatic carbocycles. The molecule has 0 saturated heterocycles. The number of fused-ring (bicyclic) bond motifs is 1. The van der Waals surface area contributed by atoms with E-state index in [0.29, 0.717) is 24.0 Å². The molecule has 3 rings (SSSR count). The van der Waals surface area contributed by atoms with E-state index in [2.05, 4.69) is 24.1 Å². The van der Waals surface area contributed by atoms with Crippen molar-refractivity contribution in [2.75, 3.05) is 31.6 Å².